The molecule has 284 valence electrons. The van der Waals surface area contributed by atoms with Crippen LogP contribution in [0.5, 0.6) is 0 Å². The number of carboxylic acid groups (broad SMARTS) is 1. The quantitative estimate of drug-likeness (QED) is 0.0456. The van der Waals surface area contributed by atoms with E-state index < -0.39 is 36.2 Å². The Morgan fingerprint density at radius 3 is 2.26 bits per heavy atom. The Morgan fingerprint density at radius 1 is 0.880 bits per heavy atom. The fourth-order valence-electron chi connectivity index (χ4n) is 5.22. The Morgan fingerprint density at radius 2 is 1.56 bits per heavy atom. The summed E-state index contributed by atoms with van der Waals surface area (Å²) in [4.78, 5) is 63.3. The van der Waals surface area contributed by atoms with Gasteiger partial charge in [-0.15, -0.1) is 0 Å². The number of rotatable bonds is 26. The van der Waals surface area contributed by atoms with Crippen LogP contribution in [0.4, 0.5) is 4.79 Å². The Labute approximate surface area is 295 Å². The molecule has 50 heavy (non-hydrogen) atoms. The number of likely N-dealkylation sites (tertiary alicyclic amines) is 1. The van der Waals surface area contributed by atoms with Crippen LogP contribution >= 0.6 is 11.8 Å². The van der Waals surface area contributed by atoms with Crippen molar-refractivity contribution in [2.45, 2.75) is 75.9 Å². The summed E-state index contributed by atoms with van der Waals surface area (Å²) in [6, 6.07) is 6.70. The maximum Gasteiger partial charge on any atom is 0.409 e. The Bertz CT molecular complexity index is 1140. The number of carbonyl (C=O) groups excluding carboxylic acids is 3. The van der Waals surface area contributed by atoms with Crippen LogP contribution in [0.2, 0.25) is 0 Å². The minimum absolute atomic E-state index is 0.0383. The number of carboxylic acids is 1. The molecule has 3 unspecified atom stereocenters. The third-order valence-corrected chi connectivity index (χ3v) is 8.71. The molecule has 18 nitrogen and oxygen atoms in total. The highest BCUT2D eigenvalue weighted by atomic mass is 32.2. The second kappa shape index (κ2) is 24.9. The lowest BCUT2D eigenvalue weighted by molar-refractivity contribution is -0.492. The van der Waals surface area contributed by atoms with Gasteiger partial charge in [0.05, 0.1) is 36.6 Å². The normalized spacial score (nSPS) is 15.7. The van der Waals surface area contributed by atoms with Crippen molar-refractivity contribution in [3.63, 3.8) is 0 Å². The number of benzene rings is 1. The van der Waals surface area contributed by atoms with E-state index >= 15 is 0 Å². The number of unbranched alkanes of at least 4 members (excludes halogenated alkanes) is 2. The van der Waals surface area contributed by atoms with Crippen molar-refractivity contribution in [2.75, 3.05) is 58.1 Å². The number of hydrogen-bond acceptors (Lipinski definition) is 16. The second-order valence-corrected chi connectivity index (χ2v) is 12.7. The topological polar surface area (TPSA) is 231 Å². The van der Waals surface area contributed by atoms with E-state index in [9.17, 15) is 24.3 Å². The van der Waals surface area contributed by atoms with Crippen molar-refractivity contribution < 1.29 is 64.3 Å². The van der Waals surface area contributed by atoms with Gasteiger partial charge in [-0.05, 0) is 63.4 Å². The van der Waals surface area contributed by atoms with Gasteiger partial charge < -0.3 is 24.4 Å². The molecule has 2 rings (SSSR count). The van der Waals surface area contributed by atoms with E-state index in [0.717, 1.165) is 5.56 Å². The molecule has 1 fully saturated rings. The highest BCUT2D eigenvalue weighted by molar-refractivity contribution is 7.99. The van der Waals surface area contributed by atoms with E-state index in [1.54, 1.807) is 7.05 Å². The van der Waals surface area contributed by atoms with Crippen LogP contribution in [0, 0.1) is 0 Å². The summed E-state index contributed by atoms with van der Waals surface area (Å²) in [6.45, 7) is 0.930. The van der Waals surface area contributed by atoms with Crippen molar-refractivity contribution in [1.29, 1.82) is 0 Å². The molecule has 1 aliphatic rings. The van der Waals surface area contributed by atoms with Gasteiger partial charge in [-0.3, -0.25) is 40.6 Å². The molecule has 0 saturated carbocycles. The predicted octanol–water partition coefficient (Wildman–Crippen LogP) is 2.34. The van der Waals surface area contributed by atoms with Crippen LogP contribution < -0.4 is 5.32 Å². The first kappa shape index (κ1) is 43.1. The second-order valence-electron chi connectivity index (χ2n) is 11.5. The van der Waals surface area contributed by atoms with E-state index in [2.05, 4.69) is 15.0 Å². The van der Waals surface area contributed by atoms with Crippen LogP contribution in [0.25, 0.3) is 0 Å². The van der Waals surface area contributed by atoms with Crippen molar-refractivity contribution in [3.05, 3.63) is 35.9 Å². The summed E-state index contributed by atoms with van der Waals surface area (Å²) in [7, 11) is 1.58. The lowest BCUT2D eigenvalue weighted by atomic mass is 10.0. The minimum atomic E-state index is -1.09. The minimum Gasteiger partial charge on any atom is -0.480 e. The molecule has 1 aromatic rings. The van der Waals surface area contributed by atoms with Crippen LogP contribution in [-0.2, 0) is 40.0 Å². The number of amides is 2. The molecule has 3 atom stereocenters. The van der Waals surface area contributed by atoms with Gasteiger partial charge >= 0.3 is 18.0 Å². The SMILES string of the molecule is CN(CCCCC(NC(CCc1ccccc1)C(=O)O)C(=O)N1CCCC1C(=O)OCCSCCON(O)O)C(=O)OCCCCON(O)O. The highest BCUT2D eigenvalue weighted by Crippen LogP contribution is 2.22. The number of nitrogens with one attached hydrogen (secondary N) is 1. The fraction of sp³-hybridized carbons (Fsp3) is 0.677. The maximum atomic E-state index is 13.9. The van der Waals surface area contributed by atoms with Gasteiger partial charge in [0.1, 0.15) is 18.7 Å². The molecule has 19 heteroatoms. The zero-order valence-corrected chi connectivity index (χ0v) is 29.2. The van der Waals surface area contributed by atoms with Crippen LogP contribution in [0.3, 0.4) is 0 Å². The number of thioether (sulfide) groups is 1. The summed E-state index contributed by atoms with van der Waals surface area (Å²) >= 11 is 1.38. The molecule has 0 radical (unpaired) electrons. The molecule has 0 aliphatic carbocycles. The smallest absolute Gasteiger partial charge is 0.409 e. The number of ether oxygens (including phenoxy) is 2. The zero-order valence-electron chi connectivity index (χ0n) is 28.3. The number of aryl methyl sites for hydroxylation is 1. The average Bonchev–Trinajstić information content (AvgIpc) is 3.58. The van der Waals surface area contributed by atoms with Gasteiger partial charge in [-0.1, -0.05) is 30.3 Å². The third-order valence-electron chi connectivity index (χ3n) is 7.80. The van der Waals surface area contributed by atoms with Crippen molar-refractivity contribution in [3.8, 4) is 0 Å². The zero-order chi connectivity index (χ0) is 36.7. The highest BCUT2D eigenvalue weighted by Gasteiger charge is 2.39. The molecule has 1 heterocycles. The number of carbonyl (C=O) groups is 4. The number of hydrogen-bond donors (Lipinski definition) is 6. The van der Waals surface area contributed by atoms with Crippen LogP contribution in [-0.4, -0.2) is 147 Å². The first-order chi connectivity index (χ1) is 24.0. The van der Waals surface area contributed by atoms with Gasteiger partial charge in [-0.25, -0.2) is 14.4 Å². The number of aliphatic carboxylic acids is 1. The molecule has 0 aromatic heterocycles. The Balaban J connectivity index is 1.96. The summed E-state index contributed by atoms with van der Waals surface area (Å²) in [5.74, 6) is -1.16. The molecule has 1 aliphatic heterocycles. The summed E-state index contributed by atoms with van der Waals surface area (Å²) in [6.07, 6.45) is 3.29. The summed E-state index contributed by atoms with van der Waals surface area (Å²) < 4.78 is 10.6. The lowest BCUT2D eigenvalue weighted by Crippen LogP contribution is -2.54. The fourth-order valence-corrected chi connectivity index (χ4v) is 5.81. The van der Waals surface area contributed by atoms with E-state index in [4.69, 9.17) is 30.3 Å². The first-order valence-corrected chi connectivity index (χ1v) is 17.7. The predicted molar refractivity (Wildman–Crippen MR) is 176 cm³/mol. The molecular weight excluding hydrogens is 682 g/mol. The van der Waals surface area contributed by atoms with Crippen molar-refractivity contribution >= 4 is 35.7 Å². The van der Waals surface area contributed by atoms with Gasteiger partial charge in [0.25, 0.3) is 0 Å². The molecule has 0 spiro atoms. The van der Waals surface area contributed by atoms with Crippen molar-refractivity contribution in [1.82, 2.24) is 25.9 Å². The lowest BCUT2D eigenvalue weighted by Gasteiger charge is -2.30. The first-order valence-electron chi connectivity index (χ1n) is 16.6. The molecular formula is C31H51N5O13S. The molecule has 2 amide bonds. The Kier molecular flexibility index (Phi) is 21.5. The van der Waals surface area contributed by atoms with Gasteiger partial charge in [0, 0.05) is 31.6 Å². The number of nitrogens with zero attached hydrogens (tertiary/aromatic N) is 4. The maximum absolute atomic E-state index is 13.9. The van der Waals surface area contributed by atoms with E-state index in [0.29, 0.717) is 69.5 Å². The molecule has 1 saturated heterocycles. The summed E-state index contributed by atoms with van der Waals surface area (Å²) in [5, 5.41) is 46.5. The van der Waals surface area contributed by atoms with E-state index in [-0.39, 0.29) is 56.0 Å². The number of esters is 1. The standard InChI is InChI=1S/C31H51N5O13S/c1-33(31(41)47-18-7-8-19-48-35(42)43)16-6-5-12-25(32-26(29(38)39)15-14-24-10-3-2-4-11-24)28(37)34-17-9-13-27(34)30(40)46-20-22-50-23-21-49-36(44)45/h2-4,10-11,25-27,32,42-45H,5-9,12-23H2,1H3,(H,38,39). The largest absolute Gasteiger partial charge is 0.480 e. The van der Waals surface area contributed by atoms with Crippen LogP contribution in [0.15, 0.2) is 30.3 Å². The van der Waals surface area contributed by atoms with E-state index in [1.807, 2.05) is 30.3 Å². The molecule has 0 bridgehead atoms. The van der Waals surface area contributed by atoms with Crippen LogP contribution in [0.1, 0.15) is 56.9 Å². The molecule has 6 N–H and O–H groups in total. The van der Waals surface area contributed by atoms with Gasteiger partial charge in [0.15, 0.2) is 0 Å². The summed E-state index contributed by atoms with van der Waals surface area (Å²) in [5.41, 5.74) is 0.963. The average molecular weight is 734 g/mol. The van der Waals surface area contributed by atoms with Gasteiger partial charge in [-0.2, -0.15) is 11.8 Å². The molecule has 1 aromatic carbocycles. The Hall–Kier alpha value is -3.11. The van der Waals surface area contributed by atoms with E-state index in [1.165, 1.54) is 21.6 Å². The van der Waals surface area contributed by atoms with Crippen molar-refractivity contribution in [2.24, 2.45) is 0 Å². The monoisotopic (exact) mass is 733 g/mol. The third kappa shape index (κ3) is 17.7. The van der Waals surface area contributed by atoms with Gasteiger partial charge in [0.2, 0.25) is 5.91 Å².